The van der Waals surface area contributed by atoms with Gasteiger partial charge in [0, 0.05) is 13.1 Å². The van der Waals surface area contributed by atoms with Gasteiger partial charge in [0.25, 0.3) is 10.0 Å². The molecule has 1 rings (SSSR count). The first-order valence-electron chi connectivity index (χ1n) is 6.59. The number of hydrogen-bond donors (Lipinski definition) is 3. The molecule has 0 radical (unpaired) electrons. The fraction of sp³-hybridized carbons (Fsp3) is 0.385. The van der Waals surface area contributed by atoms with E-state index >= 15 is 0 Å². The van der Waals surface area contributed by atoms with E-state index in [2.05, 4.69) is 15.1 Å². The Morgan fingerprint density at radius 2 is 1.86 bits per heavy atom. The van der Waals surface area contributed by atoms with E-state index in [9.17, 15) is 8.42 Å². The maximum Gasteiger partial charge on any atom is 0.263 e. The van der Waals surface area contributed by atoms with Gasteiger partial charge in [-0.05, 0) is 45.1 Å². The molecule has 0 aliphatic carbocycles. The van der Waals surface area contributed by atoms with Crippen LogP contribution in [0.25, 0.3) is 0 Å². The summed E-state index contributed by atoms with van der Waals surface area (Å²) >= 11 is 4.98. The SMILES string of the molecule is Cc1ccc(S(=O)(=O)NC(=S)NN(C)C(N)=NC(C)C)cc1. The second-order valence-corrected chi connectivity index (χ2v) is 7.09. The molecule has 7 nitrogen and oxygen atoms in total. The molecule has 4 N–H and O–H groups in total. The highest BCUT2D eigenvalue weighted by molar-refractivity contribution is 7.91. The number of hydrazine groups is 1. The van der Waals surface area contributed by atoms with Gasteiger partial charge in [-0.2, -0.15) is 0 Å². The summed E-state index contributed by atoms with van der Waals surface area (Å²) in [7, 11) is -2.14. The van der Waals surface area contributed by atoms with Gasteiger partial charge in [0.15, 0.2) is 5.11 Å². The fourth-order valence-electron chi connectivity index (χ4n) is 1.48. The quantitative estimate of drug-likeness (QED) is 0.324. The van der Waals surface area contributed by atoms with E-state index in [-0.39, 0.29) is 22.0 Å². The lowest BCUT2D eigenvalue weighted by molar-refractivity contribution is 0.446. The standard InChI is InChI=1S/C13H21N5O2S2/c1-9(2)15-12(14)18(4)16-13(21)17-22(19,20)11-7-5-10(3)6-8-11/h5-9H,1-4H3,(H2,14,15)(H2,16,17,21). The Morgan fingerprint density at radius 3 is 2.36 bits per heavy atom. The minimum atomic E-state index is -3.73. The molecule has 0 unspecified atom stereocenters. The molecule has 1 aromatic rings. The number of nitrogens with two attached hydrogens (primary N) is 1. The first-order valence-corrected chi connectivity index (χ1v) is 8.48. The van der Waals surface area contributed by atoms with Crippen molar-refractivity contribution in [1.29, 1.82) is 0 Å². The van der Waals surface area contributed by atoms with Crippen LogP contribution in [0, 0.1) is 6.92 Å². The molecule has 0 bridgehead atoms. The Balaban J connectivity index is 2.74. The average molecular weight is 343 g/mol. The Labute approximate surface area is 136 Å². The number of rotatable bonds is 3. The van der Waals surface area contributed by atoms with Crippen molar-refractivity contribution >= 4 is 33.3 Å². The Bertz CT molecular complexity index is 654. The number of nitrogens with one attached hydrogen (secondary N) is 2. The zero-order valence-electron chi connectivity index (χ0n) is 13.0. The highest BCUT2D eigenvalue weighted by Crippen LogP contribution is 2.09. The number of nitrogens with zero attached hydrogens (tertiary/aromatic N) is 2. The van der Waals surface area contributed by atoms with Crippen LogP contribution in [0.2, 0.25) is 0 Å². The van der Waals surface area contributed by atoms with Gasteiger partial charge in [0.2, 0.25) is 5.96 Å². The van der Waals surface area contributed by atoms with E-state index in [0.717, 1.165) is 5.56 Å². The van der Waals surface area contributed by atoms with Crippen molar-refractivity contribution in [2.45, 2.75) is 31.7 Å². The lowest BCUT2D eigenvalue weighted by Crippen LogP contribution is -2.51. The molecule has 22 heavy (non-hydrogen) atoms. The molecule has 0 aliphatic rings. The fourth-order valence-corrected chi connectivity index (χ4v) is 2.85. The lowest BCUT2D eigenvalue weighted by Gasteiger charge is -2.21. The number of thiocarbonyl (C=S) groups is 1. The number of aliphatic imine (C=N–C) groups is 1. The van der Waals surface area contributed by atoms with Crippen LogP contribution in [0.3, 0.4) is 0 Å². The van der Waals surface area contributed by atoms with Crippen LogP contribution >= 0.6 is 12.2 Å². The maximum atomic E-state index is 12.2. The highest BCUT2D eigenvalue weighted by atomic mass is 32.2. The molecule has 0 aliphatic heterocycles. The molecule has 1 aromatic carbocycles. The molecule has 0 aromatic heterocycles. The van der Waals surface area contributed by atoms with Crippen LogP contribution in [0.1, 0.15) is 19.4 Å². The summed E-state index contributed by atoms with van der Waals surface area (Å²) in [6, 6.07) is 6.47. The van der Waals surface area contributed by atoms with Crippen molar-refractivity contribution < 1.29 is 8.42 Å². The number of aryl methyl sites for hydroxylation is 1. The van der Waals surface area contributed by atoms with Gasteiger partial charge in [-0.3, -0.25) is 15.2 Å². The predicted octanol–water partition coefficient (Wildman–Crippen LogP) is 0.718. The van der Waals surface area contributed by atoms with Crippen molar-refractivity contribution in [3.8, 4) is 0 Å². The van der Waals surface area contributed by atoms with E-state index in [4.69, 9.17) is 18.0 Å². The summed E-state index contributed by atoms with van der Waals surface area (Å²) in [6.07, 6.45) is 0. The predicted molar refractivity (Wildman–Crippen MR) is 91.8 cm³/mol. The molecule has 122 valence electrons. The first kappa shape index (κ1) is 18.2. The number of hydrogen-bond acceptors (Lipinski definition) is 4. The van der Waals surface area contributed by atoms with Crippen LogP contribution in [-0.4, -0.2) is 37.6 Å². The van der Waals surface area contributed by atoms with Crippen LogP contribution in [0.15, 0.2) is 34.2 Å². The van der Waals surface area contributed by atoms with Crippen molar-refractivity contribution in [3.05, 3.63) is 29.8 Å². The molecule has 0 amide bonds. The molecule has 0 saturated carbocycles. The third kappa shape index (κ3) is 5.49. The number of guanidine groups is 1. The van der Waals surface area contributed by atoms with Gasteiger partial charge in [-0.15, -0.1) is 0 Å². The largest absolute Gasteiger partial charge is 0.368 e. The van der Waals surface area contributed by atoms with E-state index in [1.807, 2.05) is 20.8 Å². The summed E-state index contributed by atoms with van der Waals surface area (Å²) < 4.78 is 26.6. The highest BCUT2D eigenvalue weighted by Gasteiger charge is 2.16. The summed E-state index contributed by atoms with van der Waals surface area (Å²) in [5, 5.41) is 1.25. The maximum absolute atomic E-state index is 12.2. The lowest BCUT2D eigenvalue weighted by atomic mass is 10.2. The Morgan fingerprint density at radius 1 is 1.32 bits per heavy atom. The van der Waals surface area contributed by atoms with Crippen LogP contribution in [0.4, 0.5) is 0 Å². The molecule has 0 fully saturated rings. The monoisotopic (exact) mass is 343 g/mol. The van der Waals surface area contributed by atoms with E-state index in [1.54, 1.807) is 19.2 Å². The number of sulfonamides is 1. The van der Waals surface area contributed by atoms with Gasteiger partial charge in [-0.1, -0.05) is 17.7 Å². The van der Waals surface area contributed by atoms with E-state index in [0.29, 0.717) is 0 Å². The molecule has 0 heterocycles. The third-order valence-electron chi connectivity index (χ3n) is 2.56. The summed E-state index contributed by atoms with van der Waals surface area (Å²) in [5.74, 6) is 0.201. The normalized spacial score (nSPS) is 12.1. The summed E-state index contributed by atoms with van der Waals surface area (Å²) in [5.41, 5.74) is 9.34. The summed E-state index contributed by atoms with van der Waals surface area (Å²) in [4.78, 5) is 4.25. The van der Waals surface area contributed by atoms with Crippen LogP contribution < -0.4 is 15.9 Å². The minimum absolute atomic E-state index is 0.0158. The van der Waals surface area contributed by atoms with Gasteiger partial charge in [0.05, 0.1) is 4.90 Å². The Kier molecular flexibility index (Phi) is 6.12. The van der Waals surface area contributed by atoms with Crippen molar-refractivity contribution in [2.24, 2.45) is 10.7 Å². The molecule has 0 saturated heterocycles. The van der Waals surface area contributed by atoms with Crippen LogP contribution in [-0.2, 0) is 10.0 Å². The van der Waals surface area contributed by atoms with Gasteiger partial charge < -0.3 is 5.73 Å². The molecule has 0 spiro atoms. The molecule has 9 heteroatoms. The second-order valence-electron chi connectivity index (χ2n) is 5.00. The van der Waals surface area contributed by atoms with E-state index < -0.39 is 10.0 Å². The smallest absolute Gasteiger partial charge is 0.263 e. The zero-order valence-corrected chi connectivity index (χ0v) is 14.6. The zero-order chi connectivity index (χ0) is 16.9. The molecular weight excluding hydrogens is 322 g/mol. The van der Waals surface area contributed by atoms with Crippen LogP contribution in [0.5, 0.6) is 0 Å². The average Bonchev–Trinajstić information content (AvgIpc) is 2.37. The molecule has 0 atom stereocenters. The van der Waals surface area contributed by atoms with Crippen molar-refractivity contribution in [1.82, 2.24) is 15.2 Å². The third-order valence-corrected chi connectivity index (χ3v) is 4.25. The van der Waals surface area contributed by atoms with Gasteiger partial charge in [-0.25, -0.2) is 13.4 Å². The summed E-state index contributed by atoms with van der Waals surface area (Å²) in [6.45, 7) is 5.63. The second kappa shape index (κ2) is 7.41. The number of benzene rings is 1. The van der Waals surface area contributed by atoms with Gasteiger partial charge >= 0.3 is 0 Å². The van der Waals surface area contributed by atoms with Crippen molar-refractivity contribution in [3.63, 3.8) is 0 Å². The topological polar surface area (TPSA) is 99.8 Å². The van der Waals surface area contributed by atoms with Crippen molar-refractivity contribution in [2.75, 3.05) is 7.05 Å². The Hall–Kier alpha value is -1.87. The van der Waals surface area contributed by atoms with Gasteiger partial charge in [0.1, 0.15) is 0 Å². The molecular formula is C13H21N5O2S2. The van der Waals surface area contributed by atoms with E-state index in [1.165, 1.54) is 17.1 Å². The first-order chi connectivity index (χ1) is 10.1. The minimum Gasteiger partial charge on any atom is -0.368 e.